The van der Waals surface area contributed by atoms with Crippen LogP contribution in [0.3, 0.4) is 0 Å². The van der Waals surface area contributed by atoms with Gasteiger partial charge in [-0.05, 0) is 30.4 Å². The first kappa shape index (κ1) is 26.8. The third kappa shape index (κ3) is 6.94. The van der Waals surface area contributed by atoms with Crippen LogP contribution in [0.2, 0.25) is 0 Å². The smallest absolute Gasteiger partial charge is 0.435 e. The first-order valence-electron chi connectivity index (χ1n) is 12.5. The standard InChI is InChI=1S/C27H31N5O6/c28-14-22(33)38-23(19-10-11-19)26(35)32-13-12-21(32)25(34)30-15-17-6-8-20(9-7-17)24(29)31-27(36)37-16-18-4-2-1-3-5-18/h1-9,19,21,23H,10-16,28H2,(H,30,34)(H2,29,31,36)/t21-,23?/m0/s1. The molecule has 200 valence electrons. The minimum absolute atomic E-state index is 0.0116. The van der Waals surface area contributed by atoms with Gasteiger partial charge in [-0.2, -0.15) is 4.99 Å². The number of hydrogen-bond donors (Lipinski definition) is 3. The summed E-state index contributed by atoms with van der Waals surface area (Å²) < 4.78 is 10.4. The third-order valence-corrected chi connectivity index (χ3v) is 6.46. The zero-order chi connectivity index (χ0) is 27.1. The average Bonchev–Trinajstić information content (AvgIpc) is 3.74. The van der Waals surface area contributed by atoms with Crippen molar-refractivity contribution in [3.63, 3.8) is 0 Å². The van der Waals surface area contributed by atoms with Gasteiger partial charge in [-0.25, -0.2) is 4.79 Å². The second-order valence-corrected chi connectivity index (χ2v) is 9.24. The van der Waals surface area contributed by atoms with E-state index in [0.29, 0.717) is 18.5 Å². The maximum absolute atomic E-state index is 12.9. The third-order valence-electron chi connectivity index (χ3n) is 6.46. The highest BCUT2D eigenvalue weighted by atomic mass is 16.6. The highest BCUT2D eigenvalue weighted by Gasteiger charge is 2.46. The molecule has 2 aromatic carbocycles. The van der Waals surface area contributed by atoms with Crippen LogP contribution in [0, 0.1) is 5.92 Å². The second kappa shape index (κ2) is 12.3. The lowest BCUT2D eigenvalue weighted by Crippen LogP contribution is -2.61. The van der Waals surface area contributed by atoms with Crippen molar-refractivity contribution in [1.29, 1.82) is 0 Å². The van der Waals surface area contributed by atoms with Gasteiger partial charge in [0.15, 0.2) is 6.10 Å². The predicted molar refractivity (Wildman–Crippen MR) is 137 cm³/mol. The summed E-state index contributed by atoms with van der Waals surface area (Å²) in [6.45, 7) is 0.470. The van der Waals surface area contributed by atoms with Crippen LogP contribution in [-0.2, 0) is 37.0 Å². The SMILES string of the molecule is NCC(=O)OC(C(=O)N1CC[C@H]1C(=O)NCc1ccc(C(N)=NC(=O)OCc2ccccc2)cc1)C1CC1. The molecule has 0 radical (unpaired) electrons. The maximum atomic E-state index is 12.9. The van der Waals surface area contributed by atoms with E-state index in [0.717, 1.165) is 24.0 Å². The molecule has 1 unspecified atom stereocenters. The fourth-order valence-corrected chi connectivity index (χ4v) is 4.04. The molecule has 3 amide bonds. The van der Waals surface area contributed by atoms with Gasteiger partial charge in [0.05, 0.1) is 6.54 Å². The quantitative estimate of drug-likeness (QED) is 0.238. The number of hydrogen-bond acceptors (Lipinski definition) is 7. The molecule has 2 aliphatic rings. The number of aliphatic imine (C=N–C) groups is 1. The first-order chi connectivity index (χ1) is 18.4. The van der Waals surface area contributed by atoms with E-state index in [2.05, 4.69) is 10.3 Å². The molecule has 2 atom stereocenters. The lowest BCUT2D eigenvalue weighted by atomic mass is 9.99. The molecule has 5 N–H and O–H groups in total. The molecule has 4 rings (SSSR count). The molecule has 1 aliphatic carbocycles. The number of rotatable bonds is 10. The lowest BCUT2D eigenvalue weighted by Gasteiger charge is -2.41. The maximum Gasteiger partial charge on any atom is 0.435 e. The highest BCUT2D eigenvalue weighted by molar-refractivity contribution is 6.02. The Morgan fingerprint density at radius 3 is 2.32 bits per heavy atom. The van der Waals surface area contributed by atoms with Crippen LogP contribution in [-0.4, -0.2) is 59.8 Å². The molecule has 38 heavy (non-hydrogen) atoms. The Morgan fingerprint density at radius 1 is 1.00 bits per heavy atom. The average molecular weight is 522 g/mol. The van der Waals surface area contributed by atoms with Crippen molar-refractivity contribution in [1.82, 2.24) is 10.2 Å². The Bertz CT molecular complexity index is 1200. The molecule has 11 heteroatoms. The van der Waals surface area contributed by atoms with E-state index in [1.165, 1.54) is 4.90 Å². The van der Waals surface area contributed by atoms with Gasteiger partial charge in [0.1, 0.15) is 18.5 Å². The second-order valence-electron chi connectivity index (χ2n) is 9.24. The van der Waals surface area contributed by atoms with Crippen LogP contribution in [0.4, 0.5) is 4.79 Å². The summed E-state index contributed by atoms with van der Waals surface area (Å²) in [6.07, 6.45) is 0.477. The monoisotopic (exact) mass is 521 g/mol. The minimum Gasteiger partial charge on any atom is -0.451 e. The summed E-state index contributed by atoms with van der Waals surface area (Å²) in [6, 6.07) is 15.5. The number of carbonyl (C=O) groups is 4. The highest BCUT2D eigenvalue weighted by Crippen LogP contribution is 2.36. The predicted octanol–water partition coefficient (Wildman–Crippen LogP) is 1.23. The zero-order valence-corrected chi connectivity index (χ0v) is 20.9. The van der Waals surface area contributed by atoms with E-state index in [9.17, 15) is 19.2 Å². The summed E-state index contributed by atoms with van der Waals surface area (Å²) in [5.41, 5.74) is 13.4. The summed E-state index contributed by atoms with van der Waals surface area (Å²) in [7, 11) is 0. The van der Waals surface area contributed by atoms with Crippen molar-refractivity contribution in [2.45, 2.75) is 44.6 Å². The van der Waals surface area contributed by atoms with Gasteiger partial charge in [0, 0.05) is 24.6 Å². The Kier molecular flexibility index (Phi) is 8.70. The van der Waals surface area contributed by atoms with Crippen molar-refractivity contribution in [3.8, 4) is 0 Å². The molecule has 0 bridgehead atoms. The summed E-state index contributed by atoms with van der Waals surface area (Å²) in [5.74, 6) is -1.25. The van der Waals surface area contributed by atoms with Crippen molar-refractivity contribution < 1.29 is 28.7 Å². The Morgan fingerprint density at radius 2 is 1.71 bits per heavy atom. The van der Waals surface area contributed by atoms with Crippen molar-refractivity contribution in [2.75, 3.05) is 13.1 Å². The number of amides is 3. The number of benzene rings is 2. The van der Waals surface area contributed by atoms with Crippen LogP contribution < -0.4 is 16.8 Å². The van der Waals surface area contributed by atoms with Crippen LogP contribution in [0.15, 0.2) is 59.6 Å². The molecular weight excluding hydrogens is 490 g/mol. The minimum atomic E-state index is -0.878. The molecular formula is C27H31N5O6. The summed E-state index contributed by atoms with van der Waals surface area (Å²) >= 11 is 0. The summed E-state index contributed by atoms with van der Waals surface area (Å²) in [5, 5.41) is 2.84. The number of nitrogens with two attached hydrogens (primary N) is 2. The van der Waals surface area contributed by atoms with Gasteiger partial charge >= 0.3 is 12.1 Å². The number of likely N-dealkylation sites (tertiary alicyclic amines) is 1. The molecule has 1 saturated heterocycles. The van der Waals surface area contributed by atoms with Crippen molar-refractivity contribution >= 4 is 29.7 Å². The van der Waals surface area contributed by atoms with Crippen LogP contribution in [0.5, 0.6) is 0 Å². The van der Waals surface area contributed by atoms with Crippen LogP contribution >= 0.6 is 0 Å². The number of nitrogens with zero attached hydrogens (tertiary/aromatic N) is 2. The normalized spacial score (nSPS) is 17.7. The summed E-state index contributed by atoms with van der Waals surface area (Å²) in [4.78, 5) is 54.5. The zero-order valence-electron chi connectivity index (χ0n) is 20.9. The van der Waals surface area contributed by atoms with E-state index in [1.54, 1.807) is 24.3 Å². The molecule has 1 saturated carbocycles. The van der Waals surface area contributed by atoms with Crippen molar-refractivity contribution in [2.24, 2.45) is 22.4 Å². The lowest BCUT2D eigenvalue weighted by molar-refractivity contribution is -0.166. The van der Waals surface area contributed by atoms with Crippen LogP contribution in [0.25, 0.3) is 0 Å². The molecule has 0 aromatic heterocycles. The Hall–Kier alpha value is -4.25. The van der Waals surface area contributed by atoms with Gasteiger partial charge in [-0.1, -0.05) is 54.6 Å². The molecule has 11 nitrogen and oxygen atoms in total. The number of nitrogens with one attached hydrogen (secondary N) is 1. The number of carbonyl (C=O) groups excluding carboxylic acids is 4. The van der Waals surface area contributed by atoms with Gasteiger partial charge < -0.3 is 31.2 Å². The van der Waals surface area contributed by atoms with Gasteiger partial charge in [-0.15, -0.1) is 0 Å². The number of amidine groups is 1. The Balaban J connectivity index is 1.25. The largest absolute Gasteiger partial charge is 0.451 e. The van der Waals surface area contributed by atoms with E-state index in [1.807, 2.05) is 30.3 Å². The molecule has 2 fully saturated rings. The molecule has 1 aliphatic heterocycles. The first-order valence-corrected chi connectivity index (χ1v) is 12.5. The van der Waals surface area contributed by atoms with Gasteiger partial charge in [0.25, 0.3) is 5.91 Å². The molecule has 0 spiro atoms. The van der Waals surface area contributed by atoms with Crippen LogP contribution in [0.1, 0.15) is 36.0 Å². The molecule has 2 aromatic rings. The Labute approximate surface area is 220 Å². The molecule has 1 heterocycles. The van der Waals surface area contributed by atoms with E-state index < -0.39 is 24.2 Å². The van der Waals surface area contributed by atoms with E-state index >= 15 is 0 Å². The van der Waals surface area contributed by atoms with Crippen molar-refractivity contribution in [3.05, 3.63) is 71.3 Å². The van der Waals surface area contributed by atoms with Gasteiger partial charge in [-0.3, -0.25) is 14.4 Å². The van der Waals surface area contributed by atoms with E-state index in [-0.39, 0.29) is 43.3 Å². The fourth-order valence-electron chi connectivity index (χ4n) is 4.04. The number of ether oxygens (including phenoxy) is 2. The van der Waals surface area contributed by atoms with Gasteiger partial charge in [0.2, 0.25) is 5.91 Å². The number of esters is 1. The van der Waals surface area contributed by atoms with E-state index in [4.69, 9.17) is 20.9 Å². The topological polar surface area (TPSA) is 166 Å². The fraction of sp³-hybridized carbons (Fsp3) is 0.370.